The zero-order chi connectivity index (χ0) is 12.0. The van der Waals surface area contributed by atoms with E-state index in [2.05, 4.69) is 26.6 Å². The number of piperidine rings is 1. The molecule has 1 atom stereocenters. The van der Waals surface area contributed by atoms with Crippen LogP contribution in [-0.2, 0) is 9.59 Å². The summed E-state index contributed by atoms with van der Waals surface area (Å²) in [4.78, 5) is 22.1. The van der Waals surface area contributed by atoms with E-state index in [4.69, 9.17) is 5.11 Å². The molecule has 0 aromatic heterocycles. The van der Waals surface area contributed by atoms with Crippen LogP contribution in [0.1, 0.15) is 19.3 Å². The molecule has 6 heteroatoms. The minimum absolute atomic E-state index is 0.142. The number of hydrogen-bond donors (Lipinski definition) is 3. The molecular formula is C10H17BrN2O3. The van der Waals surface area contributed by atoms with Gasteiger partial charge in [0.1, 0.15) is 6.04 Å². The summed E-state index contributed by atoms with van der Waals surface area (Å²) in [7, 11) is 0. The summed E-state index contributed by atoms with van der Waals surface area (Å²) < 4.78 is 0. The van der Waals surface area contributed by atoms with Crippen LogP contribution >= 0.6 is 15.9 Å². The molecule has 0 aromatic carbocycles. The number of carbonyl (C=O) groups excluding carboxylic acids is 1. The lowest BCUT2D eigenvalue weighted by atomic mass is 9.91. The molecule has 5 nitrogen and oxygen atoms in total. The number of aliphatic carboxylic acids is 1. The quantitative estimate of drug-likeness (QED) is 0.639. The fourth-order valence-corrected chi connectivity index (χ4v) is 2.07. The minimum atomic E-state index is -0.951. The van der Waals surface area contributed by atoms with E-state index in [0.29, 0.717) is 12.3 Å². The van der Waals surface area contributed by atoms with Crippen molar-refractivity contribution in [3.63, 3.8) is 0 Å². The fraction of sp³-hybridized carbons (Fsp3) is 0.800. The zero-order valence-electron chi connectivity index (χ0n) is 9.04. The van der Waals surface area contributed by atoms with E-state index in [1.54, 1.807) is 0 Å². The minimum Gasteiger partial charge on any atom is -0.480 e. The summed E-state index contributed by atoms with van der Waals surface area (Å²) in [6.45, 7) is 1.87. The van der Waals surface area contributed by atoms with Gasteiger partial charge in [-0.3, -0.25) is 4.79 Å². The lowest BCUT2D eigenvalue weighted by Gasteiger charge is -2.25. The first kappa shape index (κ1) is 13.4. The average Bonchev–Trinajstić information content (AvgIpc) is 2.29. The van der Waals surface area contributed by atoms with Gasteiger partial charge in [-0.25, -0.2) is 4.79 Å². The molecule has 0 bridgehead atoms. The second-order valence-corrected chi connectivity index (χ2v) is 4.58. The Morgan fingerprint density at radius 1 is 1.44 bits per heavy atom. The fourth-order valence-electron chi connectivity index (χ4n) is 1.91. The Labute approximate surface area is 103 Å². The Morgan fingerprint density at radius 2 is 2.06 bits per heavy atom. The first-order valence-electron chi connectivity index (χ1n) is 5.42. The highest BCUT2D eigenvalue weighted by Crippen LogP contribution is 2.18. The summed E-state index contributed by atoms with van der Waals surface area (Å²) in [6, 6.07) is -0.756. The van der Waals surface area contributed by atoms with Crippen molar-refractivity contribution in [3.05, 3.63) is 0 Å². The molecule has 0 spiro atoms. The Morgan fingerprint density at radius 3 is 2.56 bits per heavy atom. The molecule has 0 saturated carbocycles. The Bertz CT molecular complexity index is 254. The van der Waals surface area contributed by atoms with Gasteiger partial charge in [0.05, 0.1) is 5.33 Å². The van der Waals surface area contributed by atoms with E-state index < -0.39 is 12.0 Å². The number of halogens is 1. The van der Waals surface area contributed by atoms with Crippen LogP contribution in [0.5, 0.6) is 0 Å². The second kappa shape index (κ2) is 6.85. The maximum Gasteiger partial charge on any atom is 0.326 e. The Hall–Kier alpha value is -0.620. The molecule has 1 saturated heterocycles. The average molecular weight is 293 g/mol. The van der Waals surface area contributed by atoms with Gasteiger partial charge in [0, 0.05) is 0 Å². The van der Waals surface area contributed by atoms with Crippen molar-refractivity contribution in [1.29, 1.82) is 0 Å². The third-order valence-electron chi connectivity index (χ3n) is 2.78. The van der Waals surface area contributed by atoms with E-state index in [0.717, 1.165) is 25.9 Å². The van der Waals surface area contributed by atoms with Crippen LogP contribution in [0.25, 0.3) is 0 Å². The largest absolute Gasteiger partial charge is 0.480 e. The van der Waals surface area contributed by atoms with Crippen LogP contribution in [-0.4, -0.2) is 41.4 Å². The van der Waals surface area contributed by atoms with Crippen LogP contribution in [0.4, 0.5) is 0 Å². The SMILES string of the molecule is O=C(CBr)NC(CC1CCNCC1)C(=O)O. The molecule has 0 aromatic rings. The number of hydrogen-bond acceptors (Lipinski definition) is 3. The molecule has 92 valence electrons. The van der Waals surface area contributed by atoms with Crippen molar-refractivity contribution in [3.8, 4) is 0 Å². The number of amides is 1. The second-order valence-electron chi connectivity index (χ2n) is 4.02. The molecule has 3 N–H and O–H groups in total. The van der Waals surface area contributed by atoms with Gasteiger partial charge in [-0.2, -0.15) is 0 Å². The van der Waals surface area contributed by atoms with E-state index in [-0.39, 0.29) is 11.2 Å². The number of alkyl halides is 1. The highest BCUT2D eigenvalue weighted by molar-refractivity contribution is 9.09. The van der Waals surface area contributed by atoms with Crippen LogP contribution in [0.2, 0.25) is 0 Å². The molecule has 0 radical (unpaired) electrons. The number of nitrogens with one attached hydrogen (secondary N) is 2. The van der Waals surface area contributed by atoms with Crippen LogP contribution in [0, 0.1) is 5.92 Å². The summed E-state index contributed by atoms with van der Waals surface area (Å²) >= 11 is 3.00. The van der Waals surface area contributed by atoms with E-state index in [1.165, 1.54) is 0 Å². The van der Waals surface area contributed by atoms with Gasteiger partial charge in [0.15, 0.2) is 0 Å². The van der Waals surface area contributed by atoms with Gasteiger partial charge < -0.3 is 15.7 Å². The third-order valence-corrected chi connectivity index (χ3v) is 3.29. The van der Waals surface area contributed by atoms with Crippen molar-refractivity contribution in [2.45, 2.75) is 25.3 Å². The summed E-state index contributed by atoms with van der Waals surface area (Å²) in [5.74, 6) is -0.841. The van der Waals surface area contributed by atoms with Crippen molar-refractivity contribution < 1.29 is 14.7 Å². The predicted molar refractivity (Wildman–Crippen MR) is 63.6 cm³/mol. The van der Waals surface area contributed by atoms with E-state index >= 15 is 0 Å². The molecule has 16 heavy (non-hydrogen) atoms. The van der Waals surface area contributed by atoms with Gasteiger partial charge in [0.2, 0.25) is 5.91 Å². The van der Waals surface area contributed by atoms with Gasteiger partial charge in [-0.15, -0.1) is 0 Å². The van der Waals surface area contributed by atoms with Gasteiger partial charge >= 0.3 is 5.97 Å². The van der Waals surface area contributed by atoms with E-state index in [1.807, 2.05) is 0 Å². The van der Waals surface area contributed by atoms with E-state index in [9.17, 15) is 9.59 Å². The van der Waals surface area contributed by atoms with Gasteiger partial charge in [-0.1, -0.05) is 15.9 Å². The Balaban J connectivity index is 2.43. The maximum absolute atomic E-state index is 11.1. The van der Waals surface area contributed by atoms with Crippen LogP contribution in [0.15, 0.2) is 0 Å². The van der Waals surface area contributed by atoms with Crippen molar-refractivity contribution in [1.82, 2.24) is 10.6 Å². The standard InChI is InChI=1S/C10H17BrN2O3/c11-6-9(14)13-8(10(15)16)5-7-1-3-12-4-2-7/h7-8,12H,1-6H2,(H,13,14)(H,15,16). The number of rotatable bonds is 5. The normalized spacial score (nSPS) is 19.1. The number of carbonyl (C=O) groups is 2. The van der Waals surface area contributed by atoms with Gasteiger partial charge in [-0.05, 0) is 38.3 Å². The first-order valence-corrected chi connectivity index (χ1v) is 6.54. The number of carboxylic acid groups (broad SMARTS) is 1. The lowest BCUT2D eigenvalue weighted by Crippen LogP contribution is -2.43. The molecule has 0 aliphatic carbocycles. The lowest BCUT2D eigenvalue weighted by molar-refractivity contribution is -0.142. The van der Waals surface area contributed by atoms with Crippen molar-refractivity contribution in [2.24, 2.45) is 5.92 Å². The molecule has 1 amide bonds. The Kier molecular flexibility index (Phi) is 5.76. The number of carboxylic acids is 1. The summed E-state index contributed by atoms with van der Waals surface area (Å²) in [6.07, 6.45) is 2.48. The predicted octanol–water partition coefficient (Wildman–Crippen LogP) is 0.340. The molecule has 1 aliphatic heterocycles. The molecule has 1 aliphatic rings. The van der Waals surface area contributed by atoms with Crippen LogP contribution in [0.3, 0.4) is 0 Å². The smallest absolute Gasteiger partial charge is 0.326 e. The highest BCUT2D eigenvalue weighted by atomic mass is 79.9. The zero-order valence-corrected chi connectivity index (χ0v) is 10.6. The highest BCUT2D eigenvalue weighted by Gasteiger charge is 2.24. The molecule has 1 fully saturated rings. The maximum atomic E-state index is 11.1. The molecule has 1 unspecified atom stereocenters. The van der Waals surface area contributed by atoms with Crippen LogP contribution < -0.4 is 10.6 Å². The van der Waals surface area contributed by atoms with Gasteiger partial charge in [0.25, 0.3) is 0 Å². The molecule has 1 heterocycles. The molecule has 1 rings (SSSR count). The summed E-state index contributed by atoms with van der Waals surface area (Å²) in [5, 5.41) is 14.9. The third kappa shape index (κ3) is 4.49. The first-order chi connectivity index (χ1) is 7.63. The summed E-state index contributed by atoms with van der Waals surface area (Å²) in [5.41, 5.74) is 0. The molecular weight excluding hydrogens is 276 g/mol. The monoisotopic (exact) mass is 292 g/mol. The van der Waals surface area contributed by atoms with Crippen molar-refractivity contribution in [2.75, 3.05) is 18.4 Å². The topological polar surface area (TPSA) is 78.4 Å². The van der Waals surface area contributed by atoms with Crippen molar-refractivity contribution >= 4 is 27.8 Å².